The van der Waals surface area contributed by atoms with Crippen LogP contribution < -0.4 is 9.47 Å². The number of hydrogen-bond acceptors (Lipinski definition) is 9. The molecule has 57 heavy (non-hydrogen) atoms. The largest absolute Gasteiger partial charge is 0.494 e. The van der Waals surface area contributed by atoms with Gasteiger partial charge in [0.15, 0.2) is 0 Å². The molecule has 0 amide bonds. The summed E-state index contributed by atoms with van der Waals surface area (Å²) in [5, 5.41) is 0. The maximum atomic E-state index is 12.9. The molecule has 0 atom stereocenters. The van der Waals surface area contributed by atoms with Crippen LogP contribution in [0.3, 0.4) is 0 Å². The third kappa shape index (κ3) is 21.6. The van der Waals surface area contributed by atoms with Crippen LogP contribution in [0.2, 0.25) is 0 Å². The van der Waals surface area contributed by atoms with Gasteiger partial charge in [-0.1, -0.05) is 115 Å². The lowest BCUT2D eigenvalue weighted by atomic mass is 9.87. The second-order valence-electron chi connectivity index (χ2n) is 15.2. The first kappa shape index (κ1) is 47.0. The molecule has 0 heterocycles. The summed E-state index contributed by atoms with van der Waals surface area (Å²) in [5.41, 5.74) is 1.75. The molecule has 1 saturated carbocycles. The van der Waals surface area contributed by atoms with Crippen molar-refractivity contribution in [1.82, 2.24) is 0 Å². The summed E-state index contributed by atoms with van der Waals surface area (Å²) in [6.45, 7) is 8.40. The highest BCUT2D eigenvalue weighted by molar-refractivity contribution is 5.89. The number of ether oxygens (including phenoxy) is 5. The van der Waals surface area contributed by atoms with E-state index in [0.29, 0.717) is 56.8 Å². The number of unbranched alkanes of at least 4 members (excludes halogenated alkanes) is 16. The molecule has 0 saturated heterocycles. The van der Waals surface area contributed by atoms with Crippen LogP contribution in [-0.2, 0) is 35.0 Å². The van der Waals surface area contributed by atoms with Crippen molar-refractivity contribution < 1.29 is 42.9 Å². The van der Waals surface area contributed by atoms with Gasteiger partial charge in [0.05, 0.1) is 31.3 Å². The predicted molar refractivity (Wildman–Crippen MR) is 224 cm³/mol. The fourth-order valence-corrected chi connectivity index (χ4v) is 7.01. The topological polar surface area (TPSA) is 114 Å². The molecule has 1 fully saturated rings. The van der Waals surface area contributed by atoms with E-state index >= 15 is 0 Å². The molecular weight excluding hydrogens is 721 g/mol. The molecule has 1 aliphatic rings. The van der Waals surface area contributed by atoms with E-state index in [1.54, 1.807) is 12.1 Å². The summed E-state index contributed by atoms with van der Waals surface area (Å²) >= 11 is 0. The summed E-state index contributed by atoms with van der Waals surface area (Å²) in [5.74, 6) is -0.135. The van der Waals surface area contributed by atoms with Crippen LogP contribution in [0.1, 0.15) is 157 Å². The maximum absolute atomic E-state index is 12.9. The highest BCUT2D eigenvalue weighted by Gasteiger charge is 2.30. The lowest BCUT2D eigenvalue weighted by Crippen LogP contribution is -2.30. The Bertz CT molecular complexity index is 1440. The third-order valence-electron chi connectivity index (χ3n) is 10.5. The van der Waals surface area contributed by atoms with Crippen LogP contribution in [0, 0.1) is 5.92 Å². The van der Waals surface area contributed by atoms with Gasteiger partial charge in [-0.15, -0.1) is 0 Å². The van der Waals surface area contributed by atoms with Gasteiger partial charge >= 0.3 is 23.9 Å². The molecule has 314 valence electrons. The second-order valence-corrected chi connectivity index (χ2v) is 15.2. The lowest BCUT2D eigenvalue weighted by Gasteiger charge is -2.27. The van der Waals surface area contributed by atoms with Crippen molar-refractivity contribution in [1.29, 1.82) is 0 Å². The second kappa shape index (κ2) is 29.8. The Morgan fingerprint density at radius 1 is 0.526 bits per heavy atom. The van der Waals surface area contributed by atoms with Gasteiger partial charge in [-0.3, -0.25) is 4.79 Å². The number of carbonyl (C=O) groups is 4. The van der Waals surface area contributed by atoms with Gasteiger partial charge in [-0.25, -0.2) is 14.4 Å². The zero-order valence-corrected chi connectivity index (χ0v) is 34.4. The molecule has 0 aliphatic heterocycles. The first-order valence-electron chi connectivity index (χ1n) is 21.7. The van der Waals surface area contributed by atoms with Gasteiger partial charge in [0, 0.05) is 12.2 Å². The van der Waals surface area contributed by atoms with Crippen LogP contribution in [0.5, 0.6) is 11.5 Å². The van der Waals surface area contributed by atoms with Gasteiger partial charge in [0.1, 0.15) is 17.6 Å². The molecule has 0 unspecified atom stereocenters. The Hall–Kier alpha value is -4.40. The Morgan fingerprint density at radius 3 is 1.46 bits per heavy atom. The Labute approximate surface area is 341 Å². The summed E-state index contributed by atoms with van der Waals surface area (Å²) < 4.78 is 27.4. The summed E-state index contributed by atoms with van der Waals surface area (Å²) in [7, 11) is 0. The van der Waals surface area contributed by atoms with E-state index in [9.17, 15) is 19.2 Å². The molecule has 9 nitrogen and oxygen atoms in total. The van der Waals surface area contributed by atoms with Gasteiger partial charge in [-0.05, 0) is 99.7 Å². The molecule has 0 aromatic heterocycles. The zero-order chi connectivity index (χ0) is 40.8. The number of benzene rings is 2. The quantitative estimate of drug-likeness (QED) is 0.0242. The fourth-order valence-electron chi connectivity index (χ4n) is 7.01. The van der Waals surface area contributed by atoms with Crippen molar-refractivity contribution in [3.63, 3.8) is 0 Å². The Kier molecular flexibility index (Phi) is 24.5. The van der Waals surface area contributed by atoms with Crippen molar-refractivity contribution in [2.45, 2.75) is 154 Å². The molecule has 3 rings (SSSR count). The summed E-state index contributed by atoms with van der Waals surface area (Å²) in [4.78, 5) is 47.8. The highest BCUT2D eigenvalue weighted by Crippen LogP contribution is 2.29. The molecular formula is C48H68O9. The minimum absolute atomic E-state index is 0.198. The first-order valence-corrected chi connectivity index (χ1v) is 21.7. The smallest absolute Gasteiger partial charge is 0.338 e. The van der Waals surface area contributed by atoms with E-state index in [1.165, 1.54) is 88.3 Å². The SMILES string of the molecule is C=CC(=O)OCCCCCCCCCCCOc1ccc(C(=O)OC2CCC(C(=O)Oc3ccc(CCCCCCCCCCCOC(=O)C=C)cc3)CC2)cc1. The Balaban J connectivity index is 1.17. The van der Waals surface area contributed by atoms with E-state index in [2.05, 4.69) is 25.3 Å². The van der Waals surface area contributed by atoms with E-state index < -0.39 is 0 Å². The van der Waals surface area contributed by atoms with Gasteiger partial charge in [0.2, 0.25) is 0 Å². The number of aryl methyl sites for hydroxylation is 1. The van der Waals surface area contributed by atoms with Crippen molar-refractivity contribution in [2.24, 2.45) is 5.92 Å². The van der Waals surface area contributed by atoms with Crippen LogP contribution in [-0.4, -0.2) is 49.8 Å². The van der Waals surface area contributed by atoms with Gasteiger partial charge in [-0.2, -0.15) is 0 Å². The average Bonchev–Trinajstić information content (AvgIpc) is 3.23. The normalized spacial score (nSPS) is 14.9. The van der Waals surface area contributed by atoms with E-state index in [4.69, 9.17) is 23.7 Å². The number of esters is 4. The molecule has 9 heteroatoms. The fraction of sp³-hybridized carbons (Fsp3) is 0.583. The highest BCUT2D eigenvalue weighted by atomic mass is 16.5. The molecule has 0 radical (unpaired) electrons. The molecule has 0 bridgehead atoms. The van der Waals surface area contributed by atoms with Crippen LogP contribution in [0.25, 0.3) is 0 Å². The maximum Gasteiger partial charge on any atom is 0.338 e. The number of carbonyl (C=O) groups excluding carboxylic acids is 4. The zero-order valence-electron chi connectivity index (χ0n) is 34.4. The van der Waals surface area contributed by atoms with Crippen molar-refractivity contribution in [3.8, 4) is 11.5 Å². The molecule has 2 aromatic rings. The number of rotatable bonds is 31. The van der Waals surface area contributed by atoms with Crippen LogP contribution in [0.15, 0.2) is 73.8 Å². The van der Waals surface area contributed by atoms with Crippen molar-refractivity contribution >= 4 is 23.9 Å². The third-order valence-corrected chi connectivity index (χ3v) is 10.5. The van der Waals surface area contributed by atoms with Crippen LogP contribution >= 0.6 is 0 Å². The van der Waals surface area contributed by atoms with Gasteiger partial charge < -0.3 is 23.7 Å². The molecule has 2 aromatic carbocycles. The van der Waals surface area contributed by atoms with E-state index in [-0.39, 0.29) is 35.9 Å². The molecule has 0 spiro atoms. The standard InChI is InChI=1S/C48H68O9/c1-3-45(49)54-37-21-17-13-8-5-7-11-15-19-23-39-24-30-43(31-25-39)56-48(52)41-28-34-44(35-29-41)57-47(51)40-26-32-42(33-27-40)53-36-20-16-12-9-6-10-14-18-22-38-55-46(50)4-2/h3-4,24-27,30-33,41,44H,1-2,5-23,28-29,34-38H2. The van der Waals surface area contributed by atoms with Crippen molar-refractivity contribution in [3.05, 3.63) is 85.0 Å². The lowest BCUT2D eigenvalue weighted by molar-refractivity contribution is -0.141. The monoisotopic (exact) mass is 788 g/mol. The summed E-state index contributed by atoms with van der Waals surface area (Å²) in [6.07, 6.45) is 26.3. The summed E-state index contributed by atoms with van der Waals surface area (Å²) in [6, 6.07) is 15.0. The van der Waals surface area contributed by atoms with E-state index in [1.807, 2.05) is 24.3 Å². The predicted octanol–water partition coefficient (Wildman–Crippen LogP) is 11.4. The van der Waals surface area contributed by atoms with Crippen LogP contribution in [0.4, 0.5) is 0 Å². The van der Waals surface area contributed by atoms with Crippen molar-refractivity contribution in [2.75, 3.05) is 19.8 Å². The Morgan fingerprint density at radius 2 is 0.965 bits per heavy atom. The average molecular weight is 789 g/mol. The van der Waals surface area contributed by atoms with E-state index in [0.717, 1.165) is 57.1 Å². The minimum Gasteiger partial charge on any atom is -0.494 e. The molecule has 0 N–H and O–H groups in total. The molecule has 1 aliphatic carbocycles. The van der Waals surface area contributed by atoms with Gasteiger partial charge in [0.25, 0.3) is 0 Å². The minimum atomic E-state index is -0.349. The number of hydrogen-bond donors (Lipinski definition) is 0. The first-order chi connectivity index (χ1) is 27.9.